The smallest absolute Gasteiger partial charge is 0.321 e. The lowest BCUT2D eigenvalue weighted by atomic mass is 10.2. The highest BCUT2D eigenvalue weighted by molar-refractivity contribution is 5.89. The number of carbonyl (C=O) groups excluding carboxylic acids is 2. The van der Waals surface area contributed by atoms with E-state index in [1.54, 1.807) is 9.80 Å². The Hall–Kier alpha value is -3.02. The number of carbonyl (C=O) groups is 2. The molecule has 3 rings (SSSR count). The van der Waals surface area contributed by atoms with Crippen molar-refractivity contribution in [3.8, 4) is 5.75 Å². The molecule has 2 aromatic carbocycles. The van der Waals surface area contributed by atoms with E-state index in [-0.39, 0.29) is 18.5 Å². The molecule has 1 saturated heterocycles. The van der Waals surface area contributed by atoms with Crippen LogP contribution in [0.4, 0.5) is 10.5 Å². The number of anilines is 1. The molecule has 0 saturated carbocycles. The van der Waals surface area contributed by atoms with Crippen LogP contribution in [0.5, 0.6) is 5.75 Å². The zero-order valence-electron chi connectivity index (χ0n) is 15.8. The monoisotopic (exact) mass is 367 g/mol. The molecule has 142 valence electrons. The van der Waals surface area contributed by atoms with E-state index >= 15 is 0 Å². The Kier molecular flexibility index (Phi) is 5.96. The van der Waals surface area contributed by atoms with Crippen LogP contribution in [0.3, 0.4) is 0 Å². The Bertz CT molecular complexity index is 814. The molecule has 6 heteroatoms. The number of nitrogens with zero attached hydrogens (tertiary/aromatic N) is 2. The van der Waals surface area contributed by atoms with Crippen LogP contribution in [-0.4, -0.2) is 54.5 Å². The van der Waals surface area contributed by atoms with Crippen LogP contribution < -0.4 is 10.1 Å². The molecule has 1 N–H and O–H groups in total. The van der Waals surface area contributed by atoms with Crippen molar-refractivity contribution in [1.82, 2.24) is 9.80 Å². The highest BCUT2D eigenvalue weighted by Gasteiger charge is 2.24. The van der Waals surface area contributed by atoms with Gasteiger partial charge < -0.3 is 19.9 Å². The second-order valence-corrected chi connectivity index (χ2v) is 6.77. The minimum absolute atomic E-state index is 0.0128. The Morgan fingerprint density at radius 1 is 0.926 bits per heavy atom. The topological polar surface area (TPSA) is 61.9 Å². The van der Waals surface area contributed by atoms with E-state index in [1.807, 2.05) is 62.4 Å². The molecule has 1 fully saturated rings. The maximum atomic E-state index is 12.4. The highest BCUT2D eigenvalue weighted by Crippen LogP contribution is 2.14. The summed E-state index contributed by atoms with van der Waals surface area (Å²) < 4.78 is 5.58. The van der Waals surface area contributed by atoms with Crippen LogP contribution in [0.25, 0.3) is 0 Å². The number of hydrogen-bond acceptors (Lipinski definition) is 3. The maximum Gasteiger partial charge on any atom is 0.321 e. The van der Waals surface area contributed by atoms with Crippen LogP contribution >= 0.6 is 0 Å². The normalized spacial score (nSPS) is 14.0. The zero-order valence-corrected chi connectivity index (χ0v) is 15.8. The summed E-state index contributed by atoms with van der Waals surface area (Å²) in [4.78, 5) is 28.2. The van der Waals surface area contributed by atoms with Gasteiger partial charge in [-0.25, -0.2) is 4.79 Å². The molecule has 0 unspecified atom stereocenters. The number of aryl methyl sites for hydroxylation is 2. The van der Waals surface area contributed by atoms with E-state index in [9.17, 15) is 9.59 Å². The number of urea groups is 1. The van der Waals surface area contributed by atoms with E-state index in [2.05, 4.69) is 5.32 Å². The fraction of sp³-hybridized carbons (Fsp3) is 0.333. The first kappa shape index (κ1) is 18.8. The molecule has 0 aliphatic carbocycles. The van der Waals surface area contributed by atoms with Gasteiger partial charge >= 0.3 is 6.03 Å². The van der Waals surface area contributed by atoms with Crippen molar-refractivity contribution in [2.24, 2.45) is 0 Å². The van der Waals surface area contributed by atoms with Crippen molar-refractivity contribution in [3.63, 3.8) is 0 Å². The van der Waals surface area contributed by atoms with Gasteiger partial charge in [0.05, 0.1) is 0 Å². The van der Waals surface area contributed by atoms with Gasteiger partial charge in [-0.05, 0) is 49.2 Å². The van der Waals surface area contributed by atoms with Crippen molar-refractivity contribution < 1.29 is 14.3 Å². The lowest BCUT2D eigenvalue weighted by Crippen LogP contribution is -2.52. The molecule has 1 aliphatic rings. The first-order valence-corrected chi connectivity index (χ1v) is 9.11. The predicted octanol–water partition coefficient (Wildman–Crippen LogP) is 3.06. The molecule has 1 heterocycles. The van der Waals surface area contributed by atoms with Gasteiger partial charge in [0.15, 0.2) is 6.61 Å². The van der Waals surface area contributed by atoms with Crippen molar-refractivity contribution in [1.29, 1.82) is 0 Å². The summed E-state index contributed by atoms with van der Waals surface area (Å²) in [7, 11) is 0. The third-order valence-corrected chi connectivity index (χ3v) is 4.54. The van der Waals surface area contributed by atoms with Crippen LogP contribution in [0.15, 0.2) is 48.5 Å². The molecule has 0 radical (unpaired) electrons. The van der Waals surface area contributed by atoms with Gasteiger partial charge in [-0.1, -0.05) is 24.3 Å². The minimum Gasteiger partial charge on any atom is -0.484 e. The predicted molar refractivity (Wildman–Crippen MR) is 105 cm³/mol. The number of piperazine rings is 1. The summed E-state index contributed by atoms with van der Waals surface area (Å²) in [6.07, 6.45) is 0. The summed E-state index contributed by atoms with van der Waals surface area (Å²) in [5.74, 6) is 0.634. The van der Waals surface area contributed by atoms with Gasteiger partial charge in [0.2, 0.25) is 0 Å². The first-order chi connectivity index (χ1) is 13.0. The van der Waals surface area contributed by atoms with Crippen molar-refractivity contribution in [2.45, 2.75) is 13.8 Å². The number of amides is 3. The van der Waals surface area contributed by atoms with E-state index in [4.69, 9.17) is 4.74 Å². The van der Waals surface area contributed by atoms with E-state index in [0.29, 0.717) is 31.9 Å². The average Bonchev–Trinajstić information content (AvgIpc) is 2.66. The Labute approximate surface area is 159 Å². The quantitative estimate of drug-likeness (QED) is 0.903. The van der Waals surface area contributed by atoms with Gasteiger partial charge in [0, 0.05) is 31.9 Å². The second-order valence-electron chi connectivity index (χ2n) is 6.77. The summed E-state index contributed by atoms with van der Waals surface area (Å²) in [5, 5.41) is 2.91. The summed E-state index contributed by atoms with van der Waals surface area (Å²) in [6, 6.07) is 15.2. The third kappa shape index (κ3) is 5.23. The molecule has 0 atom stereocenters. The molecule has 27 heavy (non-hydrogen) atoms. The fourth-order valence-corrected chi connectivity index (χ4v) is 3.03. The average molecular weight is 367 g/mol. The highest BCUT2D eigenvalue weighted by atomic mass is 16.5. The standard InChI is InChI=1S/C21H25N3O3/c1-16-5-3-7-18(13-16)22-21(26)24-11-9-23(10-12-24)20(25)15-27-19-8-4-6-17(2)14-19/h3-8,13-14H,9-12,15H2,1-2H3,(H,22,26). The van der Waals surface area contributed by atoms with Crippen molar-refractivity contribution in [3.05, 3.63) is 59.7 Å². The summed E-state index contributed by atoms with van der Waals surface area (Å²) in [6.45, 7) is 6.02. The Balaban J connectivity index is 1.45. The van der Waals surface area contributed by atoms with Crippen LogP contribution in [0, 0.1) is 13.8 Å². The molecule has 0 bridgehead atoms. The molecular weight excluding hydrogens is 342 g/mol. The third-order valence-electron chi connectivity index (χ3n) is 4.54. The lowest BCUT2D eigenvalue weighted by molar-refractivity contribution is -0.134. The fourth-order valence-electron chi connectivity index (χ4n) is 3.03. The van der Waals surface area contributed by atoms with Gasteiger partial charge in [0.1, 0.15) is 5.75 Å². The molecule has 6 nitrogen and oxygen atoms in total. The Morgan fingerprint density at radius 2 is 1.56 bits per heavy atom. The SMILES string of the molecule is Cc1cccc(NC(=O)N2CCN(C(=O)COc3cccc(C)c3)CC2)c1. The van der Waals surface area contributed by atoms with Gasteiger partial charge in [-0.15, -0.1) is 0 Å². The number of benzene rings is 2. The number of nitrogens with one attached hydrogen (secondary N) is 1. The maximum absolute atomic E-state index is 12.4. The number of ether oxygens (including phenoxy) is 1. The van der Waals surface area contributed by atoms with Crippen molar-refractivity contribution in [2.75, 3.05) is 38.1 Å². The minimum atomic E-state index is -0.135. The van der Waals surface area contributed by atoms with Crippen LogP contribution in [0.1, 0.15) is 11.1 Å². The Morgan fingerprint density at radius 3 is 2.22 bits per heavy atom. The molecule has 3 amide bonds. The number of hydrogen-bond donors (Lipinski definition) is 1. The van der Waals surface area contributed by atoms with Gasteiger partial charge in [-0.2, -0.15) is 0 Å². The van der Waals surface area contributed by atoms with Crippen LogP contribution in [0.2, 0.25) is 0 Å². The number of rotatable bonds is 4. The van der Waals surface area contributed by atoms with E-state index in [0.717, 1.165) is 16.8 Å². The van der Waals surface area contributed by atoms with Gasteiger partial charge in [0.25, 0.3) is 5.91 Å². The molecule has 0 spiro atoms. The molecule has 1 aliphatic heterocycles. The van der Waals surface area contributed by atoms with Gasteiger partial charge in [-0.3, -0.25) is 4.79 Å². The van der Waals surface area contributed by atoms with Crippen LogP contribution in [-0.2, 0) is 4.79 Å². The summed E-state index contributed by atoms with van der Waals surface area (Å²) in [5.41, 5.74) is 2.97. The molecular formula is C21H25N3O3. The van der Waals surface area contributed by atoms with E-state index < -0.39 is 0 Å². The van der Waals surface area contributed by atoms with E-state index in [1.165, 1.54) is 0 Å². The molecule has 2 aromatic rings. The summed E-state index contributed by atoms with van der Waals surface area (Å²) >= 11 is 0. The first-order valence-electron chi connectivity index (χ1n) is 9.11. The van der Waals surface area contributed by atoms with Crippen molar-refractivity contribution >= 4 is 17.6 Å². The second kappa shape index (κ2) is 8.58. The lowest BCUT2D eigenvalue weighted by Gasteiger charge is -2.34. The molecule has 0 aromatic heterocycles. The zero-order chi connectivity index (χ0) is 19.2. The largest absolute Gasteiger partial charge is 0.484 e.